The number of carbonyl (C=O) groups is 1. The molecule has 0 fully saturated rings. The van der Waals surface area contributed by atoms with E-state index in [1.807, 2.05) is 50.2 Å². The number of hydrogen-bond donors (Lipinski definition) is 2. The Morgan fingerprint density at radius 1 is 1.17 bits per heavy atom. The number of amides is 1. The van der Waals surface area contributed by atoms with Gasteiger partial charge in [-0.05, 0) is 43.7 Å². The predicted octanol–water partition coefficient (Wildman–Crippen LogP) is 3.14. The van der Waals surface area contributed by atoms with E-state index in [0.717, 1.165) is 16.6 Å². The molecule has 2 N–H and O–H groups in total. The second kappa shape index (κ2) is 6.56. The zero-order chi connectivity index (χ0) is 20.8. The number of para-hydroxylation sites is 1. The highest BCUT2D eigenvalue weighted by molar-refractivity contribution is 6.02. The summed E-state index contributed by atoms with van der Waals surface area (Å²) in [5.41, 5.74) is 4.68. The highest BCUT2D eigenvalue weighted by Crippen LogP contribution is 2.27. The van der Waals surface area contributed by atoms with Gasteiger partial charge in [0, 0.05) is 11.3 Å². The van der Waals surface area contributed by atoms with Gasteiger partial charge in [0.25, 0.3) is 5.91 Å². The van der Waals surface area contributed by atoms with Crippen LogP contribution in [0.15, 0.2) is 48.5 Å². The highest BCUT2D eigenvalue weighted by Gasteiger charge is 2.24. The number of anilines is 1. The Morgan fingerprint density at radius 2 is 1.97 bits per heavy atom. The second-order valence-corrected chi connectivity index (χ2v) is 6.98. The molecule has 0 spiro atoms. The van der Waals surface area contributed by atoms with E-state index in [0.29, 0.717) is 28.3 Å². The average Bonchev–Trinajstić information content (AvgIpc) is 3.40. The summed E-state index contributed by atoms with van der Waals surface area (Å²) in [6.07, 6.45) is 0. The van der Waals surface area contributed by atoms with Gasteiger partial charge in [-0.3, -0.25) is 9.89 Å². The van der Waals surface area contributed by atoms with Crippen LogP contribution in [0.1, 0.15) is 27.3 Å². The molecule has 0 radical (unpaired) electrons. The van der Waals surface area contributed by atoms with Gasteiger partial charge in [0.05, 0.1) is 5.52 Å². The van der Waals surface area contributed by atoms with Gasteiger partial charge >= 0.3 is 0 Å². The number of aryl methyl sites for hydroxylation is 1. The molecule has 30 heavy (non-hydrogen) atoms. The lowest BCUT2D eigenvalue weighted by Crippen LogP contribution is -2.14. The van der Waals surface area contributed by atoms with Crippen LogP contribution >= 0.6 is 0 Å². The fourth-order valence-corrected chi connectivity index (χ4v) is 3.50. The zero-order valence-electron chi connectivity index (χ0n) is 16.2. The molecule has 0 bridgehead atoms. The third kappa shape index (κ3) is 2.62. The first-order valence-electron chi connectivity index (χ1n) is 9.27. The Kier molecular flexibility index (Phi) is 3.86. The van der Waals surface area contributed by atoms with Crippen molar-refractivity contribution in [3.63, 3.8) is 0 Å². The topological polar surface area (TPSA) is 117 Å². The summed E-state index contributed by atoms with van der Waals surface area (Å²) >= 11 is 0. The summed E-state index contributed by atoms with van der Waals surface area (Å²) in [7, 11) is 0. The van der Waals surface area contributed by atoms with E-state index >= 15 is 0 Å². The monoisotopic (exact) mass is 396 g/mol. The first-order valence-corrected chi connectivity index (χ1v) is 9.27. The van der Waals surface area contributed by atoms with Gasteiger partial charge in [0.1, 0.15) is 17.1 Å². The molecule has 0 atom stereocenters. The van der Waals surface area contributed by atoms with Crippen LogP contribution in [0, 0.1) is 25.2 Å². The van der Waals surface area contributed by atoms with Crippen LogP contribution in [-0.2, 0) is 0 Å². The maximum Gasteiger partial charge on any atom is 0.292 e. The fourth-order valence-electron chi connectivity index (χ4n) is 3.50. The number of carbonyl (C=O) groups excluding carboxylic acids is 1. The maximum absolute atomic E-state index is 12.7. The van der Waals surface area contributed by atoms with Crippen LogP contribution in [-0.4, -0.2) is 35.5 Å². The van der Waals surface area contributed by atoms with Crippen LogP contribution in [0.5, 0.6) is 0 Å². The number of nitrogens with zero attached hydrogens (tertiary/aromatic N) is 6. The van der Waals surface area contributed by atoms with Crippen molar-refractivity contribution in [2.24, 2.45) is 0 Å². The highest BCUT2D eigenvalue weighted by atomic mass is 16.2. The van der Waals surface area contributed by atoms with Gasteiger partial charge in [0.15, 0.2) is 11.5 Å². The molecule has 9 nitrogen and oxygen atoms in total. The number of aromatic amines is 1. The molecule has 0 saturated carbocycles. The Bertz CT molecular complexity index is 1470. The third-order valence-electron chi connectivity index (χ3n) is 4.95. The Balaban J connectivity index is 1.66. The van der Waals surface area contributed by atoms with Crippen LogP contribution < -0.4 is 5.32 Å². The molecule has 0 aliphatic carbocycles. The van der Waals surface area contributed by atoms with E-state index in [1.54, 1.807) is 21.3 Å². The largest absolute Gasteiger partial charge is 0.319 e. The summed E-state index contributed by atoms with van der Waals surface area (Å²) in [4.78, 5) is 17.1. The number of aromatic nitrogens is 6. The van der Waals surface area contributed by atoms with Crippen LogP contribution in [0.2, 0.25) is 0 Å². The normalized spacial score (nSPS) is 11.1. The summed E-state index contributed by atoms with van der Waals surface area (Å²) in [6.45, 7) is 3.81. The number of nitriles is 1. The molecule has 3 heterocycles. The van der Waals surface area contributed by atoms with Crippen molar-refractivity contribution in [2.45, 2.75) is 13.8 Å². The molecule has 3 aromatic heterocycles. The van der Waals surface area contributed by atoms with Crippen LogP contribution in [0.3, 0.4) is 0 Å². The standard InChI is InChI=1S/C21H16N8O/c1-12-8-9-17-16(10-12)25-27-28(17)21-13(2)15(11-22)19-24-18(26-29(19)21)20(30)23-14-6-4-3-5-7-14/h3-10H,1-2H3,(H,23,30)(H,24,26). The number of nitrogens with one attached hydrogen (secondary N) is 2. The lowest BCUT2D eigenvalue weighted by Gasteiger charge is -2.04. The molecular formula is C21H16N8O. The Morgan fingerprint density at radius 3 is 2.73 bits per heavy atom. The third-order valence-corrected chi connectivity index (χ3v) is 4.95. The number of rotatable bonds is 3. The minimum Gasteiger partial charge on any atom is -0.319 e. The van der Waals surface area contributed by atoms with Crippen molar-refractivity contribution in [1.29, 1.82) is 5.26 Å². The molecule has 5 rings (SSSR count). The SMILES string of the molecule is Cc1ccc2c(c1)nnn2-c1c(C)c(C#N)c2nc(C(=O)Nc3ccccc3)[nH]n12. The van der Waals surface area contributed by atoms with Gasteiger partial charge in [-0.15, -0.1) is 5.10 Å². The van der Waals surface area contributed by atoms with E-state index in [2.05, 4.69) is 31.8 Å². The number of hydrogen-bond acceptors (Lipinski definition) is 5. The van der Waals surface area contributed by atoms with Crippen molar-refractivity contribution in [3.8, 4) is 11.9 Å². The van der Waals surface area contributed by atoms with Crippen molar-refractivity contribution in [3.05, 3.63) is 71.0 Å². The van der Waals surface area contributed by atoms with E-state index in [4.69, 9.17) is 0 Å². The van der Waals surface area contributed by atoms with Crippen molar-refractivity contribution in [1.82, 2.24) is 29.6 Å². The first-order chi connectivity index (χ1) is 14.6. The van der Waals surface area contributed by atoms with Crippen LogP contribution in [0.25, 0.3) is 22.5 Å². The van der Waals surface area contributed by atoms with Crippen molar-refractivity contribution < 1.29 is 4.79 Å². The summed E-state index contributed by atoms with van der Waals surface area (Å²) in [5, 5.41) is 24.0. The minimum atomic E-state index is -0.406. The Hall–Kier alpha value is -4.45. The predicted molar refractivity (Wildman–Crippen MR) is 111 cm³/mol. The summed E-state index contributed by atoms with van der Waals surface area (Å²) in [5.74, 6) is 0.266. The van der Waals surface area contributed by atoms with E-state index in [1.165, 1.54) is 0 Å². The molecular weight excluding hydrogens is 380 g/mol. The van der Waals surface area contributed by atoms with Gasteiger partial charge in [-0.25, -0.2) is 9.50 Å². The van der Waals surface area contributed by atoms with E-state index in [-0.39, 0.29) is 5.82 Å². The molecule has 2 aromatic carbocycles. The number of benzene rings is 2. The molecule has 0 saturated heterocycles. The van der Waals surface area contributed by atoms with Crippen LogP contribution in [0.4, 0.5) is 5.69 Å². The van der Waals surface area contributed by atoms with Gasteiger partial charge in [0.2, 0.25) is 5.82 Å². The second-order valence-electron chi connectivity index (χ2n) is 6.98. The molecule has 5 aromatic rings. The smallest absolute Gasteiger partial charge is 0.292 e. The molecule has 1 amide bonds. The Labute approximate surface area is 170 Å². The van der Waals surface area contributed by atoms with Gasteiger partial charge in [-0.1, -0.05) is 29.5 Å². The lowest BCUT2D eigenvalue weighted by molar-refractivity contribution is 0.101. The molecule has 0 unspecified atom stereocenters. The number of H-pyrrole nitrogens is 1. The van der Waals surface area contributed by atoms with Gasteiger partial charge < -0.3 is 5.32 Å². The molecule has 0 aliphatic heterocycles. The maximum atomic E-state index is 12.7. The van der Waals surface area contributed by atoms with E-state index in [9.17, 15) is 10.1 Å². The molecule has 9 heteroatoms. The van der Waals surface area contributed by atoms with E-state index < -0.39 is 5.91 Å². The molecule has 146 valence electrons. The fraction of sp³-hybridized carbons (Fsp3) is 0.0952. The number of fused-ring (bicyclic) bond motifs is 2. The first kappa shape index (κ1) is 17.6. The average molecular weight is 396 g/mol. The van der Waals surface area contributed by atoms with Crippen molar-refractivity contribution in [2.75, 3.05) is 5.32 Å². The lowest BCUT2D eigenvalue weighted by atomic mass is 10.2. The van der Waals surface area contributed by atoms with Crippen molar-refractivity contribution >= 4 is 28.3 Å². The molecule has 0 aliphatic rings. The zero-order valence-corrected chi connectivity index (χ0v) is 16.2. The minimum absolute atomic E-state index is 0.0897. The quantitative estimate of drug-likeness (QED) is 0.486. The van der Waals surface area contributed by atoms with Gasteiger partial charge in [-0.2, -0.15) is 9.94 Å². The summed E-state index contributed by atoms with van der Waals surface area (Å²) < 4.78 is 3.25. The summed E-state index contributed by atoms with van der Waals surface area (Å²) in [6, 6.07) is 17.1.